The standard InChI is InChI=1S/C9H17NO2/c1-2-3-4-5-6-7-8-10-9(11)12/h6-7,10H,2-5,8H2,1H3,(H,11,12). The molecule has 0 saturated carbocycles. The van der Waals surface area contributed by atoms with Crippen molar-refractivity contribution in [2.45, 2.75) is 32.6 Å². The summed E-state index contributed by atoms with van der Waals surface area (Å²) >= 11 is 0. The van der Waals surface area contributed by atoms with Gasteiger partial charge in [-0.05, 0) is 12.8 Å². The molecule has 0 bridgehead atoms. The third-order valence-corrected chi connectivity index (χ3v) is 1.51. The third kappa shape index (κ3) is 9.01. The molecule has 3 nitrogen and oxygen atoms in total. The van der Waals surface area contributed by atoms with Crippen LogP contribution in [0.15, 0.2) is 12.2 Å². The van der Waals surface area contributed by atoms with Crippen LogP contribution < -0.4 is 5.32 Å². The molecule has 0 aliphatic heterocycles. The van der Waals surface area contributed by atoms with E-state index in [4.69, 9.17) is 5.11 Å². The number of hydrogen-bond acceptors (Lipinski definition) is 1. The summed E-state index contributed by atoms with van der Waals surface area (Å²) < 4.78 is 0. The molecule has 0 aliphatic rings. The average Bonchev–Trinajstić information content (AvgIpc) is 2.02. The first-order valence-corrected chi connectivity index (χ1v) is 4.39. The van der Waals surface area contributed by atoms with Gasteiger partial charge in [0, 0.05) is 6.54 Å². The molecule has 0 aromatic rings. The first kappa shape index (κ1) is 11.0. The van der Waals surface area contributed by atoms with Crippen LogP contribution in [0.1, 0.15) is 32.6 Å². The highest BCUT2D eigenvalue weighted by molar-refractivity contribution is 5.64. The lowest BCUT2D eigenvalue weighted by Crippen LogP contribution is -2.20. The minimum absolute atomic E-state index is 0.418. The molecular weight excluding hydrogens is 154 g/mol. The molecule has 0 atom stereocenters. The molecule has 12 heavy (non-hydrogen) atoms. The Bertz CT molecular complexity index is 143. The predicted octanol–water partition coefficient (Wildman–Crippen LogP) is 2.39. The van der Waals surface area contributed by atoms with Gasteiger partial charge < -0.3 is 10.4 Å². The van der Waals surface area contributed by atoms with Gasteiger partial charge in [-0.1, -0.05) is 31.9 Å². The molecule has 0 spiro atoms. The van der Waals surface area contributed by atoms with E-state index in [1.807, 2.05) is 12.2 Å². The second-order valence-electron chi connectivity index (χ2n) is 2.65. The number of carbonyl (C=O) groups is 1. The van der Waals surface area contributed by atoms with Crippen molar-refractivity contribution in [2.75, 3.05) is 6.54 Å². The van der Waals surface area contributed by atoms with Crippen LogP contribution in [0.25, 0.3) is 0 Å². The second-order valence-corrected chi connectivity index (χ2v) is 2.65. The number of carboxylic acid groups (broad SMARTS) is 1. The third-order valence-electron chi connectivity index (χ3n) is 1.51. The maximum atomic E-state index is 9.99. The second kappa shape index (κ2) is 8.11. The topological polar surface area (TPSA) is 49.3 Å². The van der Waals surface area contributed by atoms with Crippen molar-refractivity contribution < 1.29 is 9.90 Å². The van der Waals surface area contributed by atoms with Crippen molar-refractivity contribution in [1.82, 2.24) is 5.32 Å². The van der Waals surface area contributed by atoms with E-state index in [9.17, 15) is 4.79 Å². The van der Waals surface area contributed by atoms with E-state index < -0.39 is 6.09 Å². The Morgan fingerprint density at radius 1 is 1.42 bits per heavy atom. The van der Waals surface area contributed by atoms with E-state index in [1.54, 1.807) is 0 Å². The van der Waals surface area contributed by atoms with Crippen LogP contribution in [0, 0.1) is 0 Å². The van der Waals surface area contributed by atoms with Crippen LogP contribution in [0.2, 0.25) is 0 Å². The zero-order chi connectivity index (χ0) is 9.23. The molecule has 0 aliphatic carbocycles. The van der Waals surface area contributed by atoms with E-state index in [1.165, 1.54) is 19.3 Å². The first-order chi connectivity index (χ1) is 5.77. The molecule has 70 valence electrons. The zero-order valence-corrected chi connectivity index (χ0v) is 7.55. The van der Waals surface area contributed by atoms with E-state index >= 15 is 0 Å². The van der Waals surface area contributed by atoms with Crippen molar-refractivity contribution in [3.05, 3.63) is 12.2 Å². The molecule has 1 amide bonds. The van der Waals surface area contributed by atoms with E-state index in [2.05, 4.69) is 12.2 Å². The number of hydrogen-bond donors (Lipinski definition) is 2. The summed E-state index contributed by atoms with van der Waals surface area (Å²) in [6.45, 7) is 2.58. The molecule has 0 aromatic heterocycles. The largest absolute Gasteiger partial charge is 0.465 e. The SMILES string of the molecule is CCCCCC=CCNC(=O)O. The number of nitrogens with one attached hydrogen (secondary N) is 1. The molecule has 0 heterocycles. The Hall–Kier alpha value is -0.990. The van der Waals surface area contributed by atoms with Crippen molar-refractivity contribution in [1.29, 1.82) is 0 Å². The van der Waals surface area contributed by atoms with Crippen molar-refractivity contribution in [3.63, 3.8) is 0 Å². The first-order valence-electron chi connectivity index (χ1n) is 4.39. The number of unbranched alkanes of at least 4 members (excludes halogenated alkanes) is 3. The van der Waals surface area contributed by atoms with Gasteiger partial charge in [-0.15, -0.1) is 0 Å². The molecule has 0 fully saturated rings. The van der Waals surface area contributed by atoms with Gasteiger partial charge >= 0.3 is 6.09 Å². The van der Waals surface area contributed by atoms with Crippen LogP contribution >= 0.6 is 0 Å². The molecule has 0 aromatic carbocycles. The van der Waals surface area contributed by atoms with Gasteiger partial charge in [0.15, 0.2) is 0 Å². The molecular formula is C9H17NO2. The van der Waals surface area contributed by atoms with Crippen LogP contribution in [-0.2, 0) is 0 Å². The Morgan fingerprint density at radius 2 is 2.17 bits per heavy atom. The molecule has 3 heteroatoms. The quantitative estimate of drug-likeness (QED) is 0.476. The smallest absolute Gasteiger partial charge is 0.404 e. The fourth-order valence-electron chi connectivity index (χ4n) is 0.860. The minimum Gasteiger partial charge on any atom is -0.465 e. The molecule has 0 rings (SSSR count). The summed E-state index contributed by atoms with van der Waals surface area (Å²) in [5, 5.41) is 10.5. The monoisotopic (exact) mass is 171 g/mol. The maximum absolute atomic E-state index is 9.99. The number of allylic oxidation sites excluding steroid dienone is 1. The van der Waals surface area contributed by atoms with Gasteiger partial charge in [-0.2, -0.15) is 0 Å². The Labute approximate surface area is 73.5 Å². The van der Waals surface area contributed by atoms with Gasteiger partial charge in [0.25, 0.3) is 0 Å². The van der Waals surface area contributed by atoms with Gasteiger partial charge in [-0.25, -0.2) is 4.79 Å². The van der Waals surface area contributed by atoms with Gasteiger partial charge in [0.1, 0.15) is 0 Å². The molecule has 0 radical (unpaired) electrons. The number of amides is 1. The Balaban J connectivity index is 3.09. The van der Waals surface area contributed by atoms with Crippen LogP contribution in [-0.4, -0.2) is 17.7 Å². The minimum atomic E-state index is -0.965. The van der Waals surface area contributed by atoms with Crippen LogP contribution in [0.4, 0.5) is 4.79 Å². The average molecular weight is 171 g/mol. The van der Waals surface area contributed by atoms with Gasteiger partial charge in [0.2, 0.25) is 0 Å². The molecule has 0 unspecified atom stereocenters. The summed E-state index contributed by atoms with van der Waals surface area (Å²) in [7, 11) is 0. The highest BCUT2D eigenvalue weighted by atomic mass is 16.4. The highest BCUT2D eigenvalue weighted by Gasteiger charge is 1.87. The van der Waals surface area contributed by atoms with E-state index in [0.717, 1.165) is 6.42 Å². The van der Waals surface area contributed by atoms with Gasteiger partial charge in [-0.3, -0.25) is 0 Å². The summed E-state index contributed by atoms with van der Waals surface area (Å²) in [5.41, 5.74) is 0. The Kier molecular flexibility index (Phi) is 7.44. The fourth-order valence-corrected chi connectivity index (χ4v) is 0.860. The van der Waals surface area contributed by atoms with Crippen molar-refractivity contribution >= 4 is 6.09 Å². The van der Waals surface area contributed by atoms with Crippen molar-refractivity contribution in [3.8, 4) is 0 Å². The predicted molar refractivity (Wildman–Crippen MR) is 49.3 cm³/mol. The van der Waals surface area contributed by atoms with Crippen LogP contribution in [0.5, 0.6) is 0 Å². The van der Waals surface area contributed by atoms with Crippen LogP contribution in [0.3, 0.4) is 0 Å². The lowest BCUT2D eigenvalue weighted by molar-refractivity contribution is 0.195. The fraction of sp³-hybridized carbons (Fsp3) is 0.667. The lowest BCUT2D eigenvalue weighted by atomic mass is 10.2. The molecule has 0 saturated heterocycles. The van der Waals surface area contributed by atoms with E-state index in [-0.39, 0.29) is 0 Å². The number of rotatable bonds is 6. The normalized spacial score (nSPS) is 10.4. The summed E-state index contributed by atoms with van der Waals surface area (Å²) in [6, 6.07) is 0. The van der Waals surface area contributed by atoms with Crippen molar-refractivity contribution in [2.24, 2.45) is 0 Å². The highest BCUT2D eigenvalue weighted by Crippen LogP contribution is 1.98. The van der Waals surface area contributed by atoms with E-state index in [0.29, 0.717) is 6.54 Å². The molecule has 2 N–H and O–H groups in total. The maximum Gasteiger partial charge on any atom is 0.404 e. The zero-order valence-electron chi connectivity index (χ0n) is 7.55. The lowest BCUT2D eigenvalue weighted by Gasteiger charge is -1.93. The summed E-state index contributed by atoms with van der Waals surface area (Å²) in [4.78, 5) is 9.99. The van der Waals surface area contributed by atoms with Gasteiger partial charge in [0.05, 0.1) is 0 Å². The summed E-state index contributed by atoms with van der Waals surface area (Å²) in [5.74, 6) is 0. The summed E-state index contributed by atoms with van der Waals surface area (Å²) in [6.07, 6.45) is 7.62. The Morgan fingerprint density at radius 3 is 2.75 bits per heavy atom.